The molecule has 1 fully saturated rings. The number of nitrogens with zero attached hydrogens (tertiary/aromatic N) is 1. The highest BCUT2D eigenvalue weighted by Crippen LogP contribution is 2.33. The van der Waals surface area contributed by atoms with Crippen LogP contribution in [0.4, 0.5) is 0 Å². The zero-order chi connectivity index (χ0) is 17.1. The molecule has 1 N–H and O–H groups in total. The molecule has 1 amide bonds. The van der Waals surface area contributed by atoms with Crippen LogP contribution in [0.1, 0.15) is 54.5 Å². The largest absolute Gasteiger partial charge is 0.341 e. The van der Waals surface area contributed by atoms with E-state index in [9.17, 15) is 4.79 Å². The van der Waals surface area contributed by atoms with Crippen LogP contribution in [0.3, 0.4) is 0 Å². The number of hydrogen-bond acceptors (Lipinski definition) is 2. The molecular weight excluding hydrogens is 308 g/mol. The predicted octanol–water partition coefficient (Wildman–Crippen LogP) is 4.02. The zero-order valence-corrected chi connectivity index (χ0v) is 14.7. The molecule has 1 aliphatic heterocycles. The number of carbonyl (C=O) groups is 1. The fourth-order valence-electron chi connectivity index (χ4n) is 4.18. The molecule has 0 spiro atoms. The molecule has 0 bridgehead atoms. The Morgan fingerprint density at radius 1 is 0.960 bits per heavy atom. The van der Waals surface area contributed by atoms with Crippen molar-refractivity contribution in [3.8, 4) is 0 Å². The second-order valence-electron chi connectivity index (χ2n) is 7.19. The summed E-state index contributed by atoms with van der Waals surface area (Å²) in [6.45, 7) is 1.79. The molecule has 2 atom stereocenters. The van der Waals surface area contributed by atoms with E-state index in [1.165, 1.54) is 17.5 Å². The van der Waals surface area contributed by atoms with Gasteiger partial charge in [-0.1, -0.05) is 54.6 Å². The molecule has 3 heteroatoms. The van der Waals surface area contributed by atoms with Crippen LogP contribution in [0.25, 0.3) is 0 Å². The van der Waals surface area contributed by atoms with Crippen LogP contribution in [0.2, 0.25) is 0 Å². The second kappa shape index (κ2) is 7.40. The number of nitrogens with one attached hydrogen (secondary N) is 1. The Bertz CT molecular complexity index is 722. The summed E-state index contributed by atoms with van der Waals surface area (Å²) in [7, 11) is 0. The van der Waals surface area contributed by atoms with E-state index in [1.807, 2.05) is 18.2 Å². The summed E-state index contributed by atoms with van der Waals surface area (Å²) in [6, 6.07) is 18.8. The summed E-state index contributed by atoms with van der Waals surface area (Å²) in [5, 5.41) is 3.69. The number of benzene rings is 2. The number of rotatable bonds is 4. The van der Waals surface area contributed by atoms with Crippen LogP contribution in [0.5, 0.6) is 0 Å². The van der Waals surface area contributed by atoms with E-state index in [-0.39, 0.29) is 18.0 Å². The van der Waals surface area contributed by atoms with Crippen LogP contribution in [-0.4, -0.2) is 23.9 Å². The lowest BCUT2D eigenvalue weighted by atomic mass is 10.0. The Morgan fingerprint density at radius 3 is 2.48 bits per heavy atom. The molecule has 4 rings (SSSR count). The van der Waals surface area contributed by atoms with Crippen molar-refractivity contribution in [3.63, 3.8) is 0 Å². The van der Waals surface area contributed by atoms with Gasteiger partial charge in [0.1, 0.15) is 6.04 Å². The normalized spacial score (nSPS) is 21.0. The molecular formula is C22H26N2O. The van der Waals surface area contributed by atoms with E-state index in [4.69, 9.17) is 0 Å². The molecule has 2 aromatic carbocycles. The predicted molar refractivity (Wildman–Crippen MR) is 100 cm³/mol. The SMILES string of the molecule is O=C([C@@H](N[C@@H]1CCc2ccccc21)c1ccccc1)N1CCCCC1. The molecule has 0 aromatic heterocycles. The standard InChI is InChI=1S/C22H26N2O/c25-22(24-15-7-2-8-16-24)21(18-10-3-1-4-11-18)23-20-14-13-17-9-5-6-12-19(17)20/h1,3-6,9-12,20-21,23H,2,7-8,13-16H2/t20-,21+/m1/s1. The summed E-state index contributed by atoms with van der Waals surface area (Å²) >= 11 is 0. The van der Waals surface area contributed by atoms with Crippen LogP contribution in [0, 0.1) is 0 Å². The first-order valence-corrected chi connectivity index (χ1v) is 9.50. The number of likely N-dealkylation sites (tertiary alicyclic amines) is 1. The van der Waals surface area contributed by atoms with Crippen molar-refractivity contribution in [1.29, 1.82) is 0 Å². The topological polar surface area (TPSA) is 32.3 Å². The van der Waals surface area contributed by atoms with Crippen molar-refractivity contribution in [2.24, 2.45) is 0 Å². The molecule has 0 saturated carbocycles. The maximum atomic E-state index is 13.3. The van der Waals surface area contributed by atoms with Crippen LogP contribution < -0.4 is 5.32 Å². The van der Waals surface area contributed by atoms with Crippen LogP contribution in [0.15, 0.2) is 54.6 Å². The third-order valence-corrected chi connectivity index (χ3v) is 5.55. The first kappa shape index (κ1) is 16.3. The van der Waals surface area contributed by atoms with Gasteiger partial charge in [0, 0.05) is 19.1 Å². The van der Waals surface area contributed by atoms with Gasteiger partial charge in [-0.2, -0.15) is 0 Å². The van der Waals surface area contributed by atoms with Crippen molar-refractivity contribution in [3.05, 3.63) is 71.3 Å². The fraction of sp³-hybridized carbons (Fsp3) is 0.409. The van der Waals surface area contributed by atoms with Gasteiger partial charge >= 0.3 is 0 Å². The molecule has 25 heavy (non-hydrogen) atoms. The van der Waals surface area contributed by atoms with Gasteiger partial charge in [-0.25, -0.2) is 0 Å². The number of aryl methyl sites for hydroxylation is 1. The highest BCUT2D eigenvalue weighted by atomic mass is 16.2. The van der Waals surface area contributed by atoms with Crippen molar-refractivity contribution in [2.45, 2.75) is 44.2 Å². The lowest BCUT2D eigenvalue weighted by Gasteiger charge is -2.32. The van der Waals surface area contributed by atoms with Gasteiger partial charge in [0.05, 0.1) is 0 Å². The molecule has 1 saturated heterocycles. The summed E-state index contributed by atoms with van der Waals surface area (Å²) in [4.78, 5) is 15.3. The second-order valence-corrected chi connectivity index (χ2v) is 7.19. The van der Waals surface area contributed by atoms with E-state index in [0.29, 0.717) is 0 Å². The minimum atomic E-state index is -0.254. The first-order chi connectivity index (χ1) is 12.3. The fourth-order valence-corrected chi connectivity index (χ4v) is 4.18. The summed E-state index contributed by atoms with van der Waals surface area (Å²) in [5.41, 5.74) is 3.84. The van der Waals surface area contributed by atoms with Gasteiger partial charge in [-0.05, 0) is 48.8 Å². The summed E-state index contributed by atoms with van der Waals surface area (Å²) in [5.74, 6) is 0.232. The Labute approximate surface area is 150 Å². The smallest absolute Gasteiger partial charge is 0.244 e. The monoisotopic (exact) mass is 334 g/mol. The quantitative estimate of drug-likeness (QED) is 0.916. The number of piperidine rings is 1. The molecule has 2 aromatic rings. The Morgan fingerprint density at radius 2 is 1.68 bits per heavy atom. The minimum Gasteiger partial charge on any atom is -0.341 e. The van der Waals surface area contributed by atoms with Gasteiger partial charge < -0.3 is 4.90 Å². The Hall–Kier alpha value is -2.13. The molecule has 2 aliphatic rings. The van der Waals surface area contributed by atoms with Crippen LogP contribution in [-0.2, 0) is 11.2 Å². The number of carbonyl (C=O) groups excluding carboxylic acids is 1. The molecule has 3 nitrogen and oxygen atoms in total. The summed E-state index contributed by atoms with van der Waals surface area (Å²) < 4.78 is 0. The first-order valence-electron chi connectivity index (χ1n) is 9.50. The zero-order valence-electron chi connectivity index (χ0n) is 14.7. The number of amides is 1. The highest BCUT2D eigenvalue weighted by Gasteiger charge is 2.31. The van der Waals surface area contributed by atoms with Gasteiger partial charge in [-0.15, -0.1) is 0 Å². The van der Waals surface area contributed by atoms with Gasteiger partial charge in [0.15, 0.2) is 0 Å². The summed E-state index contributed by atoms with van der Waals surface area (Å²) in [6.07, 6.45) is 5.64. The van der Waals surface area contributed by atoms with E-state index in [0.717, 1.165) is 44.3 Å². The van der Waals surface area contributed by atoms with Crippen molar-refractivity contribution in [2.75, 3.05) is 13.1 Å². The Balaban J connectivity index is 1.59. The lowest BCUT2D eigenvalue weighted by Crippen LogP contribution is -2.44. The van der Waals surface area contributed by atoms with Gasteiger partial charge in [0.2, 0.25) is 5.91 Å². The van der Waals surface area contributed by atoms with Crippen molar-refractivity contribution in [1.82, 2.24) is 10.2 Å². The number of hydrogen-bond donors (Lipinski definition) is 1. The van der Waals surface area contributed by atoms with Crippen LogP contribution >= 0.6 is 0 Å². The molecule has 1 aliphatic carbocycles. The third kappa shape index (κ3) is 3.47. The minimum absolute atomic E-state index is 0.232. The highest BCUT2D eigenvalue weighted by molar-refractivity contribution is 5.83. The van der Waals surface area contributed by atoms with E-state index in [2.05, 4.69) is 46.6 Å². The average molecular weight is 334 g/mol. The lowest BCUT2D eigenvalue weighted by molar-refractivity contribution is -0.134. The van der Waals surface area contributed by atoms with E-state index >= 15 is 0 Å². The molecule has 0 unspecified atom stereocenters. The van der Waals surface area contributed by atoms with Gasteiger partial charge in [-0.3, -0.25) is 10.1 Å². The molecule has 0 radical (unpaired) electrons. The maximum absolute atomic E-state index is 13.3. The van der Waals surface area contributed by atoms with E-state index in [1.54, 1.807) is 0 Å². The van der Waals surface area contributed by atoms with Crippen molar-refractivity contribution >= 4 is 5.91 Å². The maximum Gasteiger partial charge on any atom is 0.244 e. The average Bonchev–Trinajstić information content (AvgIpc) is 3.10. The molecule has 1 heterocycles. The third-order valence-electron chi connectivity index (χ3n) is 5.55. The van der Waals surface area contributed by atoms with Gasteiger partial charge in [0.25, 0.3) is 0 Å². The number of fused-ring (bicyclic) bond motifs is 1. The van der Waals surface area contributed by atoms with E-state index < -0.39 is 0 Å². The molecule has 130 valence electrons. The Kier molecular flexibility index (Phi) is 4.84. The van der Waals surface area contributed by atoms with Crippen molar-refractivity contribution < 1.29 is 4.79 Å².